The average molecular weight is 487 g/mol. The van der Waals surface area contributed by atoms with Crippen LogP contribution in [0.25, 0.3) is 22.6 Å². The fourth-order valence-corrected chi connectivity index (χ4v) is 3.56. The molecule has 8 nitrogen and oxygen atoms in total. The molecule has 4 rings (SSSR count). The highest BCUT2D eigenvalue weighted by molar-refractivity contribution is 5.88. The topological polar surface area (TPSA) is 102 Å². The molecule has 4 aromatic rings. The number of rotatable bonds is 9. The van der Waals surface area contributed by atoms with E-state index >= 15 is 0 Å². The molecule has 0 saturated heterocycles. The van der Waals surface area contributed by atoms with E-state index in [4.69, 9.17) is 24.0 Å². The monoisotopic (exact) mass is 486 g/mol. The quantitative estimate of drug-likeness (QED) is 0.308. The lowest BCUT2D eigenvalue weighted by Crippen LogP contribution is -2.33. The van der Waals surface area contributed by atoms with E-state index < -0.39 is 18.7 Å². The Labute approximate surface area is 208 Å². The summed E-state index contributed by atoms with van der Waals surface area (Å²) >= 11 is 0. The molecule has 184 valence electrons. The van der Waals surface area contributed by atoms with Gasteiger partial charge in [-0.2, -0.15) is 0 Å². The summed E-state index contributed by atoms with van der Waals surface area (Å²) in [5.41, 5.74) is 2.85. The molecule has 8 heteroatoms. The number of benzene rings is 3. The maximum atomic E-state index is 13.1. The van der Waals surface area contributed by atoms with Gasteiger partial charge in [0.15, 0.2) is 12.4 Å². The fraction of sp³-hybridized carbons (Fsp3) is 0.179. The van der Waals surface area contributed by atoms with Crippen LogP contribution in [-0.4, -0.2) is 34.9 Å². The molecule has 0 unspecified atom stereocenters. The molecule has 0 aliphatic heterocycles. The van der Waals surface area contributed by atoms with E-state index in [2.05, 4.69) is 0 Å². The molecule has 1 N–H and O–H groups in total. The lowest BCUT2D eigenvalue weighted by molar-refractivity contribution is -0.139. The summed E-state index contributed by atoms with van der Waals surface area (Å²) in [5, 5.41) is 8.92. The first-order valence-corrected chi connectivity index (χ1v) is 11.4. The zero-order valence-corrected chi connectivity index (χ0v) is 20.0. The Bertz CT molecular complexity index is 1260. The molecule has 0 spiro atoms. The number of aliphatic carboxylic acids is 1. The summed E-state index contributed by atoms with van der Waals surface area (Å²) < 4.78 is 17.0. The minimum Gasteiger partial charge on any atom is -0.482 e. The van der Waals surface area contributed by atoms with Crippen LogP contribution in [0.1, 0.15) is 19.7 Å². The van der Waals surface area contributed by atoms with Gasteiger partial charge in [0.05, 0.1) is 11.8 Å². The molecule has 0 aliphatic carbocycles. The lowest BCUT2D eigenvalue weighted by Gasteiger charge is -2.22. The second kappa shape index (κ2) is 11.2. The normalized spacial score (nSPS) is 10.8. The first-order valence-electron chi connectivity index (χ1n) is 11.4. The number of aromatic nitrogens is 1. The summed E-state index contributed by atoms with van der Waals surface area (Å²) in [6.45, 7) is 3.00. The molecule has 36 heavy (non-hydrogen) atoms. The van der Waals surface area contributed by atoms with Gasteiger partial charge in [-0.3, -0.25) is 4.90 Å². The molecule has 0 bridgehead atoms. The predicted molar refractivity (Wildman–Crippen MR) is 135 cm³/mol. The van der Waals surface area contributed by atoms with Gasteiger partial charge < -0.3 is 19.0 Å². The Morgan fingerprint density at radius 2 is 1.61 bits per heavy atom. The Kier molecular flexibility index (Phi) is 7.65. The predicted octanol–water partition coefficient (Wildman–Crippen LogP) is 6.02. The first-order chi connectivity index (χ1) is 17.4. The maximum absolute atomic E-state index is 13.1. The van der Waals surface area contributed by atoms with Crippen LogP contribution in [0.5, 0.6) is 5.75 Å². The number of amides is 1. The molecular formula is C28H26N2O6. The summed E-state index contributed by atoms with van der Waals surface area (Å²) in [7, 11) is 0. The van der Waals surface area contributed by atoms with Gasteiger partial charge in [-0.25, -0.2) is 14.6 Å². The van der Waals surface area contributed by atoms with Crippen LogP contribution in [0.3, 0.4) is 0 Å². The van der Waals surface area contributed by atoms with E-state index in [-0.39, 0.29) is 12.6 Å². The number of ether oxygens (including phenoxy) is 2. The van der Waals surface area contributed by atoms with Gasteiger partial charge in [0.2, 0.25) is 5.89 Å². The van der Waals surface area contributed by atoms with Crippen molar-refractivity contribution in [3.8, 4) is 28.3 Å². The summed E-state index contributed by atoms with van der Waals surface area (Å²) in [4.78, 5) is 30.1. The van der Waals surface area contributed by atoms with E-state index in [9.17, 15) is 9.59 Å². The molecule has 0 fully saturated rings. The van der Waals surface area contributed by atoms with Crippen LogP contribution < -0.4 is 9.64 Å². The van der Waals surface area contributed by atoms with Gasteiger partial charge in [0.1, 0.15) is 18.0 Å². The van der Waals surface area contributed by atoms with Crippen LogP contribution in [0.15, 0.2) is 89.3 Å². The minimum atomic E-state index is -1.10. The highest BCUT2D eigenvalue weighted by atomic mass is 16.6. The highest BCUT2D eigenvalue weighted by Crippen LogP contribution is 2.33. The van der Waals surface area contributed by atoms with Gasteiger partial charge in [-0.15, -0.1) is 0 Å². The van der Waals surface area contributed by atoms with E-state index in [0.717, 1.165) is 11.1 Å². The van der Waals surface area contributed by atoms with E-state index in [0.29, 0.717) is 28.8 Å². The Morgan fingerprint density at radius 1 is 0.944 bits per heavy atom. The largest absolute Gasteiger partial charge is 0.482 e. The number of hydrogen-bond acceptors (Lipinski definition) is 6. The number of anilines is 1. The van der Waals surface area contributed by atoms with Crippen molar-refractivity contribution in [2.45, 2.75) is 26.5 Å². The number of carbonyl (C=O) groups excluding carboxylic acids is 1. The van der Waals surface area contributed by atoms with Gasteiger partial charge in [-0.05, 0) is 26.0 Å². The van der Waals surface area contributed by atoms with Gasteiger partial charge in [0.25, 0.3) is 0 Å². The zero-order chi connectivity index (χ0) is 25.5. The molecule has 0 radical (unpaired) electrons. The van der Waals surface area contributed by atoms with Crippen molar-refractivity contribution in [1.29, 1.82) is 0 Å². The van der Waals surface area contributed by atoms with E-state index in [1.165, 1.54) is 4.90 Å². The SMILES string of the molecule is CC(C)OC(=O)N(Cc1nc(-c2ccccc2)c(-c2ccccc2)o1)c1cccc(OCC(=O)O)c1. The molecule has 3 aromatic carbocycles. The number of carbonyl (C=O) groups is 2. The summed E-state index contributed by atoms with van der Waals surface area (Å²) in [6, 6.07) is 25.9. The smallest absolute Gasteiger partial charge is 0.415 e. The minimum absolute atomic E-state index is 0.0133. The van der Waals surface area contributed by atoms with Crippen molar-refractivity contribution in [2.75, 3.05) is 11.5 Å². The molecule has 0 atom stereocenters. The van der Waals surface area contributed by atoms with Crippen LogP contribution >= 0.6 is 0 Å². The third-order valence-electron chi connectivity index (χ3n) is 5.10. The van der Waals surface area contributed by atoms with Crippen LogP contribution in [-0.2, 0) is 16.1 Å². The Morgan fingerprint density at radius 3 is 2.25 bits per heavy atom. The number of nitrogens with zero attached hydrogens (tertiary/aromatic N) is 2. The lowest BCUT2D eigenvalue weighted by atomic mass is 10.1. The number of carboxylic acid groups (broad SMARTS) is 1. The summed E-state index contributed by atoms with van der Waals surface area (Å²) in [5.74, 6) is 0.107. The number of carboxylic acids is 1. The Hall–Kier alpha value is -4.59. The molecule has 0 saturated carbocycles. The molecule has 0 aliphatic rings. The fourth-order valence-electron chi connectivity index (χ4n) is 3.56. The van der Waals surface area contributed by atoms with E-state index in [1.54, 1.807) is 38.1 Å². The summed E-state index contributed by atoms with van der Waals surface area (Å²) in [6.07, 6.45) is -0.947. The van der Waals surface area contributed by atoms with Gasteiger partial charge in [-0.1, -0.05) is 66.7 Å². The standard InChI is InChI=1S/C28H26N2O6/c1-19(2)35-28(33)30(22-14-9-15-23(16-22)34-18-25(31)32)17-24-29-26(20-10-5-3-6-11-20)27(36-24)21-12-7-4-8-13-21/h3-16,19H,17-18H2,1-2H3,(H,31,32). The van der Waals surface area contributed by atoms with Crippen LogP contribution in [0.4, 0.5) is 10.5 Å². The van der Waals surface area contributed by atoms with E-state index in [1.807, 2.05) is 60.7 Å². The van der Waals surface area contributed by atoms with Crippen LogP contribution in [0.2, 0.25) is 0 Å². The molecule has 1 aromatic heterocycles. The number of hydrogen-bond donors (Lipinski definition) is 1. The van der Waals surface area contributed by atoms with Crippen molar-refractivity contribution in [1.82, 2.24) is 4.98 Å². The molecular weight excluding hydrogens is 460 g/mol. The van der Waals surface area contributed by atoms with Crippen molar-refractivity contribution in [3.63, 3.8) is 0 Å². The Balaban J connectivity index is 1.72. The van der Waals surface area contributed by atoms with Crippen molar-refractivity contribution < 1.29 is 28.6 Å². The second-order valence-corrected chi connectivity index (χ2v) is 8.22. The highest BCUT2D eigenvalue weighted by Gasteiger charge is 2.24. The van der Waals surface area contributed by atoms with Crippen molar-refractivity contribution >= 4 is 17.7 Å². The van der Waals surface area contributed by atoms with Crippen LogP contribution in [0, 0.1) is 0 Å². The third-order valence-corrected chi connectivity index (χ3v) is 5.10. The van der Waals surface area contributed by atoms with Crippen molar-refractivity contribution in [3.05, 3.63) is 90.8 Å². The molecule has 1 heterocycles. The molecule has 1 amide bonds. The number of oxazole rings is 1. The first kappa shape index (κ1) is 24.5. The van der Waals surface area contributed by atoms with Gasteiger partial charge >= 0.3 is 12.1 Å². The maximum Gasteiger partial charge on any atom is 0.415 e. The third kappa shape index (κ3) is 6.09. The average Bonchev–Trinajstić information content (AvgIpc) is 3.31. The van der Waals surface area contributed by atoms with Crippen molar-refractivity contribution in [2.24, 2.45) is 0 Å². The van der Waals surface area contributed by atoms with Gasteiger partial charge in [0, 0.05) is 17.2 Å². The second-order valence-electron chi connectivity index (χ2n) is 8.22. The zero-order valence-electron chi connectivity index (χ0n) is 20.0.